The lowest BCUT2D eigenvalue weighted by Crippen LogP contribution is -2.39. The molecule has 0 fully saturated rings. The van der Waals surface area contributed by atoms with Gasteiger partial charge in [0.15, 0.2) is 0 Å². The highest BCUT2D eigenvalue weighted by Crippen LogP contribution is 2.20. The normalized spacial score (nSPS) is 11.9. The molecule has 20 heavy (non-hydrogen) atoms. The molecule has 0 radical (unpaired) electrons. The van der Waals surface area contributed by atoms with Gasteiger partial charge in [-0.2, -0.15) is 0 Å². The number of likely N-dealkylation sites (N-methyl/N-ethyl adjacent to an activating group) is 1. The Morgan fingerprint density at radius 2 is 1.95 bits per heavy atom. The summed E-state index contributed by atoms with van der Waals surface area (Å²) in [6, 6.07) is -0.358. The van der Waals surface area contributed by atoms with Crippen LogP contribution in [0.15, 0.2) is 0 Å². The van der Waals surface area contributed by atoms with Crippen LogP contribution in [0.25, 0.3) is 0 Å². The maximum absolute atomic E-state index is 12.1. The number of carbonyl (C=O) groups is 1. The second-order valence-corrected chi connectivity index (χ2v) is 4.68. The standard InChI is InChI=1S/C13H24N6O/c1-6-10-16-11(8(3)12(17-10)18-14)15-9(4)13(20)19(5)7-2/h9H,6-7,14H2,1-5H3,(H2,15,16,17,18). The molecule has 0 aliphatic heterocycles. The van der Waals surface area contributed by atoms with Gasteiger partial charge in [0.1, 0.15) is 23.5 Å². The lowest BCUT2D eigenvalue weighted by atomic mass is 10.2. The van der Waals surface area contributed by atoms with E-state index in [2.05, 4.69) is 20.7 Å². The van der Waals surface area contributed by atoms with Crippen molar-refractivity contribution >= 4 is 17.5 Å². The fourth-order valence-corrected chi connectivity index (χ4v) is 1.76. The van der Waals surface area contributed by atoms with Crippen molar-refractivity contribution in [2.24, 2.45) is 5.84 Å². The molecule has 7 nitrogen and oxygen atoms in total. The first kappa shape index (κ1) is 16.2. The van der Waals surface area contributed by atoms with Crippen molar-refractivity contribution in [1.82, 2.24) is 14.9 Å². The zero-order chi connectivity index (χ0) is 15.3. The summed E-state index contributed by atoms with van der Waals surface area (Å²) in [7, 11) is 1.78. The van der Waals surface area contributed by atoms with Gasteiger partial charge in [-0.15, -0.1) is 0 Å². The van der Waals surface area contributed by atoms with Gasteiger partial charge < -0.3 is 15.6 Å². The topological polar surface area (TPSA) is 96.2 Å². The third kappa shape index (κ3) is 3.57. The number of aromatic nitrogens is 2. The molecule has 0 aliphatic rings. The van der Waals surface area contributed by atoms with Crippen LogP contribution < -0.4 is 16.6 Å². The summed E-state index contributed by atoms with van der Waals surface area (Å²) in [5, 5.41) is 3.14. The zero-order valence-corrected chi connectivity index (χ0v) is 12.8. The summed E-state index contributed by atoms with van der Waals surface area (Å²) < 4.78 is 0. The van der Waals surface area contributed by atoms with Gasteiger partial charge in [-0.05, 0) is 20.8 Å². The average Bonchev–Trinajstić information content (AvgIpc) is 2.47. The summed E-state index contributed by atoms with van der Waals surface area (Å²) in [5.74, 6) is 7.36. The minimum atomic E-state index is -0.358. The van der Waals surface area contributed by atoms with Gasteiger partial charge in [-0.25, -0.2) is 15.8 Å². The molecular weight excluding hydrogens is 256 g/mol. The number of amides is 1. The number of nitrogens with zero attached hydrogens (tertiary/aromatic N) is 3. The van der Waals surface area contributed by atoms with Gasteiger partial charge in [-0.3, -0.25) is 4.79 Å². The quantitative estimate of drug-likeness (QED) is 0.529. The number of hydrazine groups is 1. The molecule has 1 heterocycles. The summed E-state index contributed by atoms with van der Waals surface area (Å²) in [6.07, 6.45) is 0.695. The van der Waals surface area contributed by atoms with Crippen LogP contribution in [0.4, 0.5) is 11.6 Å². The van der Waals surface area contributed by atoms with E-state index < -0.39 is 0 Å². The Labute approximate surface area is 119 Å². The number of carbonyl (C=O) groups excluding carboxylic acids is 1. The van der Waals surface area contributed by atoms with Gasteiger partial charge in [0.25, 0.3) is 0 Å². The highest BCUT2D eigenvalue weighted by molar-refractivity contribution is 5.84. The van der Waals surface area contributed by atoms with Gasteiger partial charge in [0.05, 0.1) is 0 Å². The molecule has 1 atom stereocenters. The maximum Gasteiger partial charge on any atom is 0.244 e. The van der Waals surface area contributed by atoms with Crippen molar-refractivity contribution in [3.8, 4) is 0 Å². The molecule has 1 unspecified atom stereocenters. The third-order valence-corrected chi connectivity index (χ3v) is 3.22. The molecular formula is C13H24N6O. The van der Waals surface area contributed by atoms with E-state index in [9.17, 15) is 4.79 Å². The van der Waals surface area contributed by atoms with Crippen LogP contribution in [0.3, 0.4) is 0 Å². The molecule has 0 spiro atoms. The van der Waals surface area contributed by atoms with Crippen LogP contribution in [0.5, 0.6) is 0 Å². The molecule has 0 bridgehead atoms. The Morgan fingerprint density at radius 3 is 2.45 bits per heavy atom. The number of hydrogen-bond donors (Lipinski definition) is 3. The molecule has 112 valence electrons. The third-order valence-electron chi connectivity index (χ3n) is 3.22. The summed E-state index contributed by atoms with van der Waals surface area (Å²) in [5.41, 5.74) is 3.36. The first-order valence-electron chi connectivity index (χ1n) is 6.80. The van der Waals surface area contributed by atoms with Gasteiger partial charge in [-0.1, -0.05) is 6.92 Å². The molecule has 1 amide bonds. The Bertz CT molecular complexity index is 476. The van der Waals surface area contributed by atoms with Crippen molar-refractivity contribution in [3.05, 3.63) is 11.4 Å². The van der Waals surface area contributed by atoms with E-state index in [0.29, 0.717) is 30.4 Å². The van der Waals surface area contributed by atoms with Crippen LogP contribution in [-0.4, -0.2) is 40.4 Å². The van der Waals surface area contributed by atoms with Crippen molar-refractivity contribution in [3.63, 3.8) is 0 Å². The van der Waals surface area contributed by atoms with Crippen LogP contribution in [0.2, 0.25) is 0 Å². The van der Waals surface area contributed by atoms with E-state index in [1.165, 1.54) is 0 Å². The summed E-state index contributed by atoms with van der Waals surface area (Å²) in [4.78, 5) is 22.5. The zero-order valence-electron chi connectivity index (χ0n) is 12.8. The van der Waals surface area contributed by atoms with Gasteiger partial charge >= 0.3 is 0 Å². The summed E-state index contributed by atoms with van der Waals surface area (Å²) in [6.45, 7) is 8.25. The SMILES string of the molecule is CCc1nc(NN)c(C)c(NC(C)C(=O)N(C)CC)n1. The molecule has 7 heteroatoms. The number of nitrogens with one attached hydrogen (secondary N) is 2. The van der Waals surface area contributed by atoms with E-state index in [-0.39, 0.29) is 11.9 Å². The van der Waals surface area contributed by atoms with E-state index in [1.54, 1.807) is 11.9 Å². The van der Waals surface area contributed by atoms with Crippen LogP contribution in [0.1, 0.15) is 32.2 Å². The Balaban J connectivity index is 2.99. The highest BCUT2D eigenvalue weighted by Gasteiger charge is 2.19. The Hall–Kier alpha value is -1.89. The molecule has 1 aromatic heterocycles. The minimum Gasteiger partial charge on any atom is -0.358 e. The number of nitrogen functional groups attached to an aromatic ring is 1. The number of hydrogen-bond acceptors (Lipinski definition) is 6. The fraction of sp³-hybridized carbons (Fsp3) is 0.615. The van der Waals surface area contributed by atoms with Crippen LogP contribution in [-0.2, 0) is 11.2 Å². The second kappa shape index (κ2) is 7.04. The number of anilines is 2. The highest BCUT2D eigenvalue weighted by atomic mass is 16.2. The molecule has 4 N–H and O–H groups in total. The van der Waals surface area contributed by atoms with Crippen molar-refractivity contribution < 1.29 is 4.79 Å². The largest absolute Gasteiger partial charge is 0.358 e. The monoisotopic (exact) mass is 280 g/mol. The van der Waals surface area contributed by atoms with E-state index >= 15 is 0 Å². The Morgan fingerprint density at radius 1 is 1.35 bits per heavy atom. The first-order chi connectivity index (χ1) is 9.44. The molecule has 0 saturated heterocycles. The molecule has 0 aliphatic carbocycles. The maximum atomic E-state index is 12.1. The second-order valence-electron chi connectivity index (χ2n) is 4.68. The fourth-order valence-electron chi connectivity index (χ4n) is 1.76. The first-order valence-corrected chi connectivity index (χ1v) is 6.80. The molecule has 0 aromatic carbocycles. The van der Waals surface area contributed by atoms with Crippen molar-refractivity contribution in [2.75, 3.05) is 24.3 Å². The lowest BCUT2D eigenvalue weighted by Gasteiger charge is -2.22. The van der Waals surface area contributed by atoms with E-state index in [1.807, 2.05) is 27.7 Å². The lowest BCUT2D eigenvalue weighted by molar-refractivity contribution is -0.130. The number of nitrogens with two attached hydrogens (primary N) is 1. The van der Waals surface area contributed by atoms with E-state index in [0.717, 1.165) is 5.56 Å². The number of aryl methyl sites for hydroxylation is 1. The molecule has 0 saturated carbocycles. The summed E-state index contributed by atoms with van der Waals surface area (Å²) >= 11 is 0. The van der Waals surface area contributed by atoms with Gasteiger partial charge in [0, 0.05) is 25.6 Å². The Kier molecular flexibility index (Phi) is 5.69. The molecule has 1 aromatic rings. The predicted molar refractivity (Wildman–Crippen MR) is 80.4 cm³/mol. The van der Waals surface area contributed by atoms with Crippen molar-refractivity contribution in [2.45, 2.75) is 40.2 Å². The predicted octanol–water partition coefficient (Wildman–Crippen LogP) is 0.912. The minimum absolute atomic E-state index is 0.0193. The van der Waals surface area contributed by atoms with Crippen molar-refractivity contribution in [1.29, 1.82) is 0 Å². The molecule has 1 rings (SSSR count). The average molecular weight is 280 g/mol. The van der Waals surface area contributed by atoms with Crippen LogP contribution >= 0.6 is 0 Å². The van der Waals surface area contributed by atoms with Gasteiger partial charge in [0.2, 0.25) is 5.91 Å². The van der Waals surface area contributed by atoms with E-state index in [4.69, 9.17) is 5.84 Å². The number of rotatable bonds is 6. The smallest absolute Gasteiger partial charge is 0.244 e. The van der Waals surface area contributed by atoms with Crippen LogP contribution in [0, 0.1) is 6.92 Å².